The average molecular weight is 299 g/mol. The summed E-state index contributed by atoms with van der Waals surface area (Å²) >= 11 is 3.42. The SMILES string of the molecule is COc1ccc(Br)cc1NCC1CCC(=O)N1. The minimum Gasteiger partial charge on any atom is -0.495 e. The molecule has 0 radical (unpaired) electrons. The Hall–Kier alpha value is -1.23. The molecule has 17 heavy (non-hydrogen) atoms. The van der Waals surface area contributed by atoms with Crippen molar-refractivity contribution >= 4 is 27.5 Å². The molecule has 2 rings (SSSR count). The molecule has 1 aromatic rings. The number of amides is 1. The first-order chi connectivity index (χ1) is 8.19. The third-order valence-electron chi connectivity index (χ3n) is 2.79. The van der Waals surface area contributed by atoms with Crippen LogP contribution in [0.3, 0.4) is 0 Å². The third kappa shape index (κ3) is 3.12. The minimum absolute atomic E-state index is 0.137. The van der Waals surface area contributed by atoms with Crippen LogP contribution >= 0.6 is 15.9 Å². The van der Waals surface area contributed by atoms with Gasteiger partial charge in [0.1, 0.15) is 5.75 Å². The second-order valence-electron chi connectivity index (χ2n) is 4.03. The fourth-order valence-electron chi connectivity index (χ4n) is 1.88. The number of nitrogens with one attached hydrogen (secondary N) is 2. The van der Waals surface area contributed by atoms with Crippen LogP contribution < -0.4 is 15.4 Å². The fraction of sp³-hybridized carbons (Fsp3) is 0.417. The van der Waals surface area contributed by atoms with E-state index in [9.17, 15) is 4.79 Å². The number of methoxy groups -OCH3 is 1. The molecule has 4 nitrogen and oxygen atoms in total. The Kier molecular flexibility index (Phi) is 3.89. The predicted molar refractivity (Wildman–Crippen MR) is 70.3 cm³/mol. The molecule has 0 aromatic heterocycles. The highest BCUT2D eigenvalue weighted by molar-refractivity contribution is 9.10. The summed E-state index contributed by atoms with van der Waals surface area (Å²) in [6.07, 6.45) is 1.52. The zero-order chi connectivity index (χ0) is 12.3. The summed E-state index contributed by atoms with van der Waals surface area (Å²) in [5.74, 6) is 0.940. The van der Waals surface area contributed by atoms with Crippen LogP contribution in [0.1, 0.15) is 12.8 Å². The highest BCUT2D eigenvalue weighted by Crippen LogP contribution is 2.28. The Morgan fingerprint density at radius 3 is 3.06 bits per heavy atom. The smallest absolute Gasteiger partial charge is 0.220 e. The van der Waals surface area contributed by atoms with E-state index in [1.165, 1.54) is 0 Å². The van der Waals surface area contributed by atoms with Crippen molar-refractivity contribution in [3.8, 4) is 5.75 Å². The molecule has 1 saturated heterocycles. The molecule has 1 aliphatic rings. The molecule has 0 saturated carbocycles. The van der Waals surface area contributed by atoms with Crippen LogP contribution in [0.2, 0.25) is 0 Å². The van der Waals surface area contributed by atoms with E-state index in [1.54, 1.807) is 7.11 Å². The number of rotatable bonds is 4. The van der Waals surface area contributed by atoms with E-state index in [1.807, 2.05) is 18.2 Å². The highest BCUT2D eigenvalue weighted by Gasteiger charge is 2.20. The predicted octanol–water partition coefficient (Wildman–Crippen LogP) is 2.15. The zero-order valence-corrected chi connectivity index (χ0v) is 11.2. The topological polar surface area (TPSA) is 50.4 Å². The fourth-order valence-corrected chi connectivity index (χ4v) is 2.24. The summed E-state index contributed by atoms with van der Waals surface area (Å²) < 4.78 is 6.26. The van der Waals surface area contributed by atoms with Gasteiger partial charge in [-0.2, -0.15) is 0 Å². The van der Waals surface area contributed by atoms with E-state index in [0.717, 1.165) is 28.9 Å². The number of anilines is 1. The van der Waals surface area contributed by atoms with Crippen molar-refractivity contribution in [2.75, 3.05) is 19.0 Å². The van der Waals surface area contributed by atoms with Crippen LogP contribution in [-0.4, -0.2) is 25.6 Å². The Morgan fingerprint density at radius 1 is 1.59 bits per heavy atom. The van der Waals surface area contributed by atoms with Gasteiger partial charge in [-0.3, -0.25) is 4.79 Å². The van der Waals surface area contributed by atoms with Crippen molar-refractivity contribution in [2.45, 2.75) is 18.9 Å². The second-order valence-corrected chi connectivity index (χ2v) is 4.94. The van der Waals surface area contributed by atoms with Gasteiger partial charge >= 0.3 is 0 Å². The van der Waals surface area contributed by atoms with Crippen molar-refractivity contribution in [1.29, 1.82) is 0 Å². The Morgan fingerprint density at radius 2 is 2.41 bits per heavy atom. The van der Waals surface area contributed by atoms with E-state index in [2.05, 4.69) is 26.6 Å². The maximum absolute atomic E-state index is 11.1. The maximum atomic E-state index is 11.1. The molecule has 92 valence electrons. The van der Waals surface area contributed by atoms with Crippen LogP contribution in [0.15, 0.2) is 22.7 Å². The van der Waals surface area contributed by atoms with Crippen LogP contribution in [0, 0.1) is 0 Å². The standard InChI is InChI=1S/C12H15BrN2O2/c1-17-11-4-2-8(13)6-10(11)14-7-9-3-5-12(16)15-9/h2,4,6,9,14H,3,5,7H2,1H3,(H,15,16). The van der Waals surface area contributed by atoms with Gasteiger partial charge < -0.3 is 15.4 Å². The van der Waals surface area contributed by atoms with E-state index in [0.29, 0.717) is 6.42 Å². The van der Waals surface area contributed by atoms with Crippen LogP contribution in [-0.2, 0) is 4.79 Å². The van der Waals surface area contributed by atoms with Gasteiger partial charge in [0.05, 0.1) is 12.8 Å². The lowest BCUT2D eigenvalue weighted by molar-refractivity contribution is -0.119. The van der Waals surface area contributed by atoms with Gasteiger partial charge in [0.2, 0.25) is 5.91 Å². The average Bonchev–Trinajstić information content (AvgIpc) is 2.73. The summed E-state index contributed by atoms with van der Waals surface area (Å²) in [5, 5.41) is 6.22. The van der Waals surface area contributed by atoms with Gasteiger partial charge in [0, 0.05) is 23.5 Å². The summed E-state index contributed by atoms with van der Waals surface area (Å²) in [6, 6.07) is 6.02. The van der Waals surface area contributed by atoms with Crippen LogP contribution in [0.25, 0.3) is 0 Å². The molecular weight excluding hydrogens is 284 g/mol. The Balaban J connectivity index is 1.98. The Bertz CT molecular complexity index is 423. The number of carbonyl (C=O) groups excluding carboxylic acids is 1. The normalized spacial score (nSPS) is 18.9. The summed E-state index contributed by atoms with van der Waals surface area (Å²) in [7, 11) is 1.64. The van der Waals surface area contributed by atoms with Crippen molar-refractivity contribution in [3.63, 3.8) is 0 Å². The number of carbonyl (C=O) groups is 1. The van der Waals surface area contributed by atoms with E-state index < -0.39 is 0 Å². The number of hydrogen-bond acceptors (Lipinski definition) is 3. The van der Waals surface area contributed by atoms with Gasteiger partial charge in [-0.15, -0.1) is 0 Å². The molecule has 0 spiro atoms. The highest BCUT2D eigenvalue weighted by atomic mass is 79.9. The van der Waals surface area contributed by atoms with E-state index in [-0.39, 0.29) is 11.9 Å². The van der Waals surface area contributed by atoms with Gasteiger partial charge in [0.15, 0.2) is 0 Å². The molecule has 5 heteroatoms. The van der Waals surface area contributed by atoms with E-state index in [4.69, 9.17) is 4.74 Å². The van der Waals surface area contributed by atoms with Gasteiger partial charge in [-0.05, 0) is 24.6 Å². The second kappa shape index (κ2) is 5.40. The zero-order valence-electron chi connectivity index (χ0n) is 9.63. The monoisotopic (exact) mass is 298 g/mol. The summed E-state index contributed by atoms with van der Waals surface area (Å²) in [5.41, 5.74) is 0.933. The summed E-state index contributed by atoms with van der Waals surface area (Å²) in [4.78, 5) is 11.1. The molecule has 1 aliphatic heterocycles. The van der Waals surface area contributed by atoms with Crippen molar-refractivity contribution in [2.24, 2.45) is 0 Å². The molecule has 1 amide bonds. The van der Waals surface area contributed by atoms with Gasteiger partial charge in [-0.1, -0.05) is 15.9 Å². The number of halogens is 1. The van der Waals surface area contributed by atoms with Crippen molar-refractivity contribution in [3.05, 3.63) is 22.7 Å². The van der Waals surface area contributed by atoms with Crippen LogP contribution in [0.5, 0.6) is 5.75 Å². The molecule has 0 aliphatic carbocycles. The van der Waals surface area contributed by atoms with E-state index >= 15 is 0 Å². The quantitative estimate of drug-likeness (QED) is 0.895. The lowest BCUT2D eigenvalue weighted by Gasteiger charge is -2.15. The lowest BCUT2D eigenvalue weighted by atomic mass is 10.2. The molecule has 1 fully saturated rings. The number of benzene rings is 1. The maximum Gasteiger partial charge on any atom is 0.220 e. The summed E-state index contributed by atoms with van der Waals surface area (Å²) in [6.45, 7) is 0.721. The Labute approximate surface area is 109 Å². The number of ether oxygens (including phenoxy) is 1. The molecule has 2 N–H and O–H groups in total. The van der Waals surface area contributed by atoms with Gasteiger partial charge in [-0.25, -0.2) is 0 Å². The molecule has 1 unspecified atom stereocenters. The first-order valence-corrected chi connectivity index (χ1v) is 6.35. The van der Waals surface area contributed by atoms with Crippen molar-refractivity contribution < 1.29 is 9.53 Å². The van der Waals surface area contributed by atoms with Crippen LogP contribution in [0.4, 0.5) is 5.69 Å². The molecule has 1 heterocycles. The lowest BCUT2D eigenvalue weighted by Crippen LogP contribution is -2.31. The first-order valence-electron chi connectivity index (χ1n) is 5.56. The molecule has 1 atom stereocenters. The largest absolute Gasteiger partial charge is 0.495 e. The molecular formula is C12H15BrN2O2. The molecule has 0 bridgehead atoms. The van der Waals surface area contributed by atoms with Gasteiger partial charge in [0.25, 0.3) is 0 Å². The minimum atomic E-state index is 0.137. The molecule has 1 aromatic carbocycles. The van der Waals surface area contributed by atoms with Crippen molar-refractivity contribution in [1.82, 2.24) is 5.32 Å². The first kappa shape index (κ1) is 12.2. The third-order valence-corrected chi connectivity index (χ3v) is 3.28. The number of hydrogen-bond donors (Lipinski definition) is 2.